The lowest BCUT2D eigenvalue weighted by Gasteiger charge is -2.43. The van der Waals surface area contributed by atoms with Gasteiger partial charge in [-0.1, -0.05) is 56.0 Å². The summed E-state index contributed by atoms with van der Waals surface area (Å²) in [5.41, 5.74) is 3.43. The summed E-state index contributed by atoms with van der Waals surface area (Å²) in [7, 11) is -1.31. The second-order valence-electron chi connectivity index (χ2n) is 14.6. The van der Waals surface area contributed by atoms with E-state index in [2.05, 4.69) is 35.3 Å². The molecule has 12 heteroatoms. The lowest BCUT2D eigenvalue weighted by molar-refractivity contribution is 0.0809. The van der Waals surface area contributed by atoms with Crippen LogP contribution in [0.25, 0.3) is 11.3 Å². The first-order valence-electron chi connectivity index (χ1n) is 17.3. The van der Waals surface area contributed by atoms with E-state index in [-0.39, 0.29) is 18.5 Å². The maximum absolute atomic E-state index is 15.6. The largest absolute Gasteiger partial charge is 0.465 e. The van der Waals surface area contributed by atoms with Crippen LogP contribution in [0.3, 0.4) is 0 Å². The molecule has 0 radical (unpaired) electrons. The fourth-order valence-corrected chi connectivity index (χ4v) is 7.36. The van der Waals surface area contributed by atoms with Crippen molar-refractivity contribution in [1.29, 1.82) is 0 Å². The molecule has 3 heterocycles. The SMILES string of the molecule is Cc1cc(-c2cn(COCC[Si](C)(C)C)c(C(=O)Nc3cccc(F)c3N3CCC(C(C)(CCc4ccccc4)NC(=O)O)CC3)n2)ccn1. The number of aryl methyl sites for hydroxylation is 2. The molecule has 2 aromatic carbocycles. The van der Waals surface area contributed by atoms with Crippen LogP contribution in [-0.4, -0.2) is 65.0 Å². The molecule has 0 aliphatic carbocycles. The van der Waals surface area contributed by atoms with Gasteiger partial charge in [0, 0.05) is 57.0 Å². The Bertz CT molecular complexity index is 1770. The zero-order chi connectivity index (χ0) is 35.9. The molecule has 266 valence electrons. The number of piperidine rings is 1. The molecule has 1 fully saturated rings. The van der Waals surface area contributed by atoms with E-state index >= 15 is 4.39 Å². The fraction of sp³-hybridized carbons (Fsp3) is 0.421. The Morgan fingerprint density at radius 2 is 1.82 bits per heavy atom. The number of nitrogens with one attached hydrogen (secondary N) is 2. The summed E-state index contributed by atoms with van der Waals surface area (Å²) in [6, 6.07) is 19.4. The van der Waals surface area contributed by atoms with E-state index in [1.165, 1.54) is 6.07 Å². The normalized spacial score (nSPS) is 15.0. The lowest BCUT2D eigenvalue weighted by Crippen LogP contribution is -2.54. The number of aromatic nitrogens is 3. The van der Waals surface area contributed by atoms with Crippen molar-refractivity contribution in [1.82, 2.24) is 19.9 Å². The minimum Gasteiger partial charge on any atom is -0.465 e. The van der Waals surface area contributed by atoms with Crippen LogP contribution in [0.1, 0.15) is 48.1 Å². The van der Waals surface area contributed by atoms with Crippen LogP contribution < -0.4 is 15.5 Å². The molecule has 5 rings (SSSR count). The maximum atomic E-state index is 15.6. The van der Waals surface area contributed by atoms with Gasteiger partial charge in [-0.15, -0.1) is 0 Å². The number of halogens is 1. The number of hydrogen-bond acceptors (Lipinski definition) is 6. The minimum atomic E-state index is -1.31. The molecule has 0 spiro atoms. The van der Waals surface area contributed by atoms with E-state index in [0.29, 0.717) is 56.0 Å². The average molecular weight is 701 g/mol. The monoisotopic (exact) mass is 700 g/mol. The summed E-state index contributed by atoms with van der Waals surface area (Å²) >= 11 is 0. The van der Waals surface area contributed by atoms with Crippen molar-refractivity contribution in [2.24, 2.45) is 5.92 Å². The lowest BCUT2D eigenvalue weighted by atomic mass is 9.75. The highest BCUT2D eigenvalue weighted by Gasteiger charge is 2.38. The fourth-order valence-electron chi connectivity index (χ4n) is 6.60. The highest BCUT2D eigenvalue weighted by molar-refractivity contribution is 6.76. The van der Waals surface area contributed by atoms with E-state index in [1.807, 2.05) is 61.2 Å². The van der Waals surface area contributed by atoms with Crippen molar-refractivity contribution in [2.75, 3.05) is 29.9 Å². The third kappa shape index (κ3) is 9.57. The van der Waals surface area contributed by atoms with Gasteiger partial charge in [0.05, 0.1) is 17.1 Å². The topological polar surface area (TPSA) is 122 Å². The Morgan fingerprint density at radius 3 is 2.50 bits per heavy atom. The Hall–Kier alpha value is -4.55. The molecular weight excluding hydrogens is 652 g/mol. The number of benzene rings is 2. The number of carboxylic acid groups (broad SMARTS) is 1. The Kier molecular flexibility index (Phi) is 11.7. The molecule has 2 aromatic heterocycles. The summed E-state index contributed by atoms with van der Waals surface area (Å²) < 4.78 is 23.3. The Morgan fingerprint density at radius 1 is 1.08 bits per heavy atom. The van der Waals surface area contributed by atoms with Gasteiger partial charge in [0.15, 0.2) is 0 Å². The van der Waals surface area contributed by atoms with E-state index in [4.69, 9.17) is 9.72 Å². The van der Waals surface area contributed by atoms with E-state index in [1.54, 1.807) is 29.1 Å². The number of hydrogen-bond donors (Lipinski definition) is 3. The van der Waals surface area contributed by atoms with Crippen LogP contribution in [-0.2, 0) is 17.9 Å². The van der Waals surface area contributed by atoms with Gasteiger partial charge in [-0.05, 0) is 81.3 Å². The molecule has 0 bridgehead atoms. The zero-order valence-electron chi connectivity index (χ0n) is 29.7. The van der Waals surface area contributed by atoms with Crippen molar-refractivity contribution >= 4 is 31.4 Å². The van der Waals surface area contributed by atoms with Gasteiger partial charge in [0.1, 0.15) is 12.5 Å². The van der Waals surface area contributed by atoms with Gasteiger partial charge in [-0.25, -0.2) is 14.2 Å². The standard InChI is InChI=1S/C38H49FN6O4Si/c1-27-24-29(15-19-40-27)33-25-45(26-49-22-23-50(3,4)5)35(41-33)36(46)42-32-13-9-12-31(39)34(32)44-20-16-30(17-21-44)38(2,43-37(47)48)18-14-28-10-7-6-8-11-28/h6-13,15,19,24-25,30,43H,14,16-18,20-23,26H2,1-5H3,(H,42,46)(H,47,48). The Labute approximate surface area is 295 Å². The molecule has 1 aliphatic rings. The van der Waals surface area contributed by atoms with E-state index in [9.17, 15) is 14.7 Å². The number of carbonyl (C=O) groups is 2. The summed E-state index contributed by atoms with van der Waals surface area (Å²) in [6.45, 7) is 12.5. The number of pyridine rings is 1. The minimum absolute atomic E-state index is 0.0482. The first kappa shape index (κ1) is 36.7. The molecule has 1 saturated heterocycles. The number of rotatable bonds is 14. The molecule has 1 aliphatic heterocycles. The second-order valence-corrected chi connectivity index (χ2v) is 20.3. The van der Waals surface area contributed by atoms with E-state index in [0.717, 1.165) is 29.3 Å². The number of amides is 2. The predicted octanol–water partition coefficient (Wildman–Crippen LogP) is 7.83. The van der Waals surface area contributed by atoms with Crippen molar-refractivity contribution in [2.45, 2.75) is 77.5 Å². The third-order valence-electron chi connectivity index (χ3n) is 9.51. The number of nitrogens with zero attached hydrogens (tertiary/aromatic N) is 4. The smallest absolute Gasteiger partial charge is 0.405 e. The number of carbonyl (C=O) groups excluding carboxylic acids is 1. The summed E-state index contributed by atoms with van der Waals surface area (Å²) in [5.74, 6) is -0.711. The van der Waals surface area contributed by atoms with Crippen molar-refractivity contribution < 1.29 is 23.8 Å². The number of ether oxygens (including phenoxy) is 1. The first-order valence-corrected chi connectivity index (χ1v) is 21.0. The van der Waals surface area contributed by atoms with Gasteiger partial charge < -0.3 is 29.9 Å². The predicted molar refractivity (Wildman–Crippen MR) is 198 cm³/mol. The second kappa shape index (κ2) is 16.0. The van der Waals surface area contributed by atoms with Crippen molar-refractivity contribution in [3.8, 4) is 11.3 Å². The average Bonchev–Trinajstić information content (AvgIpc) is 3.50. The van der Waals surface area contributed by atoms with Crippen LogP contribution in [0.2, 0.25) is 25.7 Å². The van der Waals surface area contributed by atoms with Crippen LogP contribution in [0.4, 0.5) is 20.6 Å². The van der Waals surface area contributed by atoms with Gasteiger partial charge in [-0.3, -0.25) is 9.78 Å². The molecule has 10 nitrogen and oxygen atoms in total. The molecule has 0 saturated carbocycles. The molecule has 1 unspecified atom stereocenters. The zero-order valence-corrected chi connectivity index (χ0v) is 30.7. The van der Waals surface area contributed by atoms with Gasteiger partial charge in [-0.2, -0.15) is 0 Å². The third-order valence-corrected chi connectivity index (χ3v) is 11.2. The van der Waals surface area contributed by atoms with E-state index < -0.39 is 31.4 Å². The van der Waals surface area contributed by atoms with Crippen LogP contribution in [0.15, 0.2) is 73.1 Å². The number of para-hydroxylation sites is 1. The highest BCUT2D eigenvalue weighted by Crippen LogP contribution is 2.37. The van der Waals surface area contributed by atoms with Crippen LogP contribution >= 0.6 is 0 Å². The highest BCUT2D eigenvalue weighted by atomic mass is 28.3. The quantitative estimate of drug-likeness (QED) is 0.0906. The molecular formula is C38H49FN6O4Si. The molecule has 2 amide bonds. The maximum Gasteiger partial charge on any atom is 0.405 e. The summed E-state index contributed by atoms with van der Waals surface area (Å²) in [6.07, 6.45) is 5.15. The van der Waals surface area contributed by atoms with Crippen LogP contribution in [0.5, 0.6) is 0 Å². The van der Waals surface area contributed by atoms with Gasteiger partial charge in [0.25, 0.3) is 5.91 Å². The summed E-state index contributed by atoms with van der Waals surface area (Å²) in [4.78, 5) is 36.7. The van der Waals surface area contributed by atoms with Crippen LogP contribution in [0, 0.1) is 18.7 Å². The van der Waals surface area contributed by atoms with Crippen molar-refractivity contribution in [3.05, 3.63) is 96.0 Å². The number of imidazole rings is 1. The number of anilines is 2. The molecule has 4 aromatic rings. The summed E-state index contributed by atoms with van der Waals surface area (Å²) in [5, 5.41) is 15.5. The Balaban J connectivity index is 1.33. The van der Waals surface area contributed by atoms with Crippen molar-refractivity contribution in [3.63, 3.8) is 0 Å². The van der Waals surface area contributed by atoms with Gasteiger partial charge in [0.2, 0.25) is 5.82 Å². The molecule has 50 heavy (non-hydrogen) atoms. The molecule has 3 N–H and O–H groups in total. The van der Waals surface area contributed by atoms with Gasteiger partial charge >= 0.3 is 6.09 Å². The first-order chi connectivity index (χ1) is 23.8. The molecule has 1 atom stereocenters.